The van der Waals surface area contributed by atoms with Crippen molar-refractivity contribution in [3.63, 3.8) is 0 Å². The second kappa shape index (κ2) is 6.66. The van der Waals surface area contributed by atoms with Crippen molar-refractivity contribution in [1.29, 1.82) is 0 Å². The van der Waals surface area contributed by atoms with Crippen molar-refractivity contribution >= 4 is 17.4 Å². The molecule has 0 aliphatic heterocycles. The minimum atomic E-state index is 0.0149. The highest BCUT2D eigenvalue weighted by atomic mass is 35.5. The smallest absolute Gasteiger partial charge is 0.173 e. The van der Waals surface area contributed by atoms with Crippen LogP contribution in [-0.2, 0) is 0 Å². The second-order valence-electron chi connectivity index (χ2n) is 4.94. The average molecular weight is 283 g/mol. The van der Waals surface area contributed by atoms with Gasteiger partial charge >= 0.3 is 0 Å². The lowest BCUT2D eigenvalue weighted by Crippen LogP contribution is -2.18. The molecule has 0 saturated heterocycles. The summed E-state index contributed by atoms with van der Waals surface area (Å²) in [6.45, 7) is 0.674. The molecule has 3 N–H and O–H groups in total. The van der Waals surface area contributed by atoms with Crippen molar-refractivity contribution in [2.24, 2.45) is 16.8 Å². The zero-order valence-corrected chi connectivity index (χ0v) is 11.6. The summed E-state index contributed by atoms with van der Waals surface area (Å²) in [7, 11) is 0. The molecule has 1 aromatic carbocycles. The van der Waals surface area contributed by atoms with E-state index in [2.05, 4.69) is 5.16 Å². The summed E-state index contributed by atoms with van der Waals surface area (Å²) in [6, 6.07) is 5.15. The van der Waals surface area contributed by atoms with Crippen molar-refractivity contribution in [2.45, 2.75) is 32.1 Å². The van der Waals surface area contributed by atoms with E-state index in [1.165, 1.54) is 32.1 Å². The van der Waals surface area contributed by atoms with Gasteiger partial charge in [0.2, 0.25) is 0 Å². The fourth-order valence-electron chi connectivity index (χ4n) is 2.44. The van der Waals surface area contributed by atoms with Crippen molar-refractivity contribution in [3.05, 3.63) is 28.8 Å². The summed E-state index contributed by atoms with van der Waals surface area (Å²) in [4.78, 5) is 0. The van der Waals surface area contributed by atoms with Crippen LogP contribution in [0.3, 0.4) is 0 Å². The minimum Gasteiger partial charge on any atom is -0.493 e. The standard InChI is InChI=1S/C14H19ClN2O2/c15-11-6-7-13(12(8-11)14(16)17-18)19-9-10-4-2-1-3-5-10/h6-8,10,18H,1-5,9H2,(H2,16,17). The van der Waals surface area contributed by atoms with E-state index >= 15 is 0 Å². The number of oxime groups is 1. The van der Waals surface area contributed by atoms with Crippen molar-refractivity contribution in [1.82, 2.24) is 0 Å². The molecule has 0 aromatic heterocycles. The Labute approximate surface area is 118 Å². The van der Waals surface area contributed by atoms with Crippen LogP contribution in [0, 0.1) is 5.92 Å². The molecule has 104 valence electrons. The van der Waals surface area contributed by atoms with Crippen LogP contribution in [-0.4, -0.2) is 17.6 Å². The first-order valence-electron chi connectivity index (χ1n) is 6.61. The first kappa shape index (κ1) is 14.0. The van der Waals surface area contributed by atoms with Crippen molar-refractivity contribution < 1.29 is 9.94 Å². The number of rotatable bonds is 4. The lowest BCUT2D eigenvalue weighted by Gasteiger charge is -2.22. The summed E-state index contributed by atoms with van der Waals surface area (Å²) in [5.74, 6) is 1.23. The molecule has 1 aliphatic carbocycles. The number of amidine groups is 1. The summed E-state index contributed by atoms with van der Waals surface area (Å²) in [6.07, 6.45) is 6.31. The first-order chi connectivity index (χ1) is 9.20. The van der Waals surface area contributed by atoms with Gasteiger partial charge in [-0.3, -0.25) is 0 Å². The molecule has 0 unspecified atom stereocenters. The first-order valence-corrected chi connectivity index (χ1v) is 6.98. The Morgan fingerprint density at radius 3 is 2.79 bits per heavy atom. The number of ether oxygens (including phenoxy) is 1. The molecule has 1 aliphatic rings. The highest BCUT2D eigenvalue weighted by Gasteiger charge is 2.16. The maximum absolute atomic E-state index is 8.78. The molecule has 1 saturated carbocycles. The molecule has 19 heavy (non-hydrogen) atoms. The molecule has 0 amide bonds. The quantitative estimate of drug-likeness (QED) is 0.385. The highest BCUT2D eigenvalue weighted by Crippen LogP contribution is 2.27. The molecule has 0 spiro atoms. The number of nitrogens with two attached hydrogens (primary N) is 1. The number of nitrogens with zero attached hydrogens (tertiary/aromatic N) is 1. The molecule has 5 heteroatoms. The van der Waals surface area contributed by atoms with E-state index in [-0.39, 0.29) is 5.84 Å². The largest absolute Gasteiger partial charge is 0.493 e. The molecule has 0 atom stereocenters. The van der Waals surface area contributed by atoms with Gasteiger partial charge < -0.3 is 15.7 Å². The molecule has 1 aromatic rings. The summed E-state index contributed by atoms with van der Waals surface area (Å²) in [5.41, 5.74) is 6.17. The summed E-state index contributed by atoms with van der Waals surface area (Å²) >= 11 is 5.92. The van der Waals surface area contributed by atoms with Crippen LogP contribution >= 0.6 is 11.6 Å². The number of benzene rings is 1. The van der Waals surface area contributed by atoms with Crippen molar-refractivity contribution in [3.8, 4) is 5.75 Å². The van der Waals surface area contributed by atoms with E-state index in [1.54, 1.807) is 18.2 Å². The van der Waals surface area contributed by atoms with Crippen molar-refractivity contribution in [2.75, 3.05) is 6.61 Å². The highest BCUT2D eigenvalue weighted by molar-refractivity contribution is 6.31. The Bertz CT molecular complexity index is 457. The molecule has 0 bridgehead atoms. The van der Waals surface area contributed by atoms with E-state index in [0.717, 1.165) is 0 Å². The number of hydrogen-bond donors (Lipinski definition) is 2. The van der Waals surface area contributed by atoms with E-state index < -0.39 is 0 Å². The van der Waals surface area contributed by atoms with E-state index in [0.29, 0.717) is 28.9 Å². The molecule has 4 nitrogen and oxygen atoms in total. The fourth-order valence-corrected chi connectivity index (χ4v) is 2.62. The molecule has 0 heterocycles. The van der Waals surface area contributed by atoms with Gasteiger partial charge in [-0.1, -0.05) is 36.0 Å². The topological polar surface area (TPSA) is 67.8 Å². The van der Waals surface area contributed by atoms with Gasteiger partial charge in [-0.2, -0.15) is 0 Å². The van der Waals surface area contributed by atoms with Crippen LogP contribution in [0.25, 0.3) is 0 Å². The number of halogens is 1. The SMILES string of the molecule is NC(=NO)c1cc(Cl)ccc1OCC1CCCCC1. The third-order valence-corrected chi connectivity index (χ3v) is 3.76. The monoisotopic (exact) mass is 282 g/mol. The average Bonchev–Trinajstić information content (AvgIpc) is 2.46. The van der Waals surface area contributed by atoms with Crippen LogP contribution in [0.4, 0.5) is 0 Å². The predicted molar refractivity (Wildman–Crippen MR) is 76.0 cm³/mol. The van der Waals surface area contributed by atoms with Gasteiger partial charge in [0.25, 0.3) is 0 Å². The Kier molecular flexibility index (Phi) is 4.91. The maximum atomic E-state index is 8.78. The third-order valence-electron chi connectivity index (χ3n) is 3.52. The zero-order valence-electron chi connectivity index (χ0n) is 10.8. The summed E-state index contributed by atoms with van der Waals surface area (Å²) < 4.78 is 5.82. The van der Waals surface area contributed by atoms with Gasteiger partial charge in [-0.05, 0) is 37.0 Å². The van der Waals surface area contributed by atoms with Crippen LogP contribution in [0.5, 0.6) is 5.75 Å². The Morgan fingerprint density at radius 2 is 2.11 bits per heavy atom. The molecule has 2 rings (SSSR count). The van der Waals surface area contributed by atoms with Gasteiger partial charge in [0.15, 0.2) is 5.84 Å². The lowest BCUT2D eigenvalue weighted by atomic mass is 9.90. The van der Waals surface area contributed by atoms with Crippen LogP contribution < -0.4 is 10.5 Å². The van der Waals surface area contributed by atoms with Gasteiger partial charge in [-0.25, -0.2) is 0 Å². The summed E-state index contributed by atoms with van der Waals surface area (Å²) in [5, 5.41) is 12.3. The van der Waals surface area contributed by atoms with Gasteiger partial charge in [0.05, 0.1) is 12.2 Å². The molecule has 0 radical (unpaired) electrons. The van der Waals surface area contributed by atoms with Crippen LogP contribution in [0.2, 0.25) is 5.02 Å². The predicted octanol–water partition coefficient (Wildman–Crippen LogP) is 3.39. The maximum Gasteiger partial charge on any atom is 0.173 e. The number of hydrogen-bond acceptors (Lipinski definition) is 3. The lowest BCUT2D eigenvalue weighted by molar-refractivity contribution is 0.208. The third kappa shape index (κ3) is 3.77. The Balaban J connectivity index is 2.06. The van der Waals surface area contributed by atoms with Gasteiger partial charge in [0.1, 0.15) is 5.75 Å². The molecule has 1 fully saturated rings. The Morgan fingerprint density at radius 1 is 1.37 bits per heavy atom. The second-order valence-corrected chi connectivity index (χ2v) is 5.38. The fraction of sp³-hybridized carbons (Fsp3) is 0.500. The van der Waals surface area contributed by atoms with E-state index in [1.807, 2.05) is 0 Å². The molecular formula is C14H19ClN2O2. The van der Waals surface area contributed by atoms with Crippen LogP contribution in [0.1, 0.15) is 37.7 Å². The Hall–Kier alpha value is -1.42. The van der Waals surface area contributed by atoms with Gasteiger partial charge in [-0.15, -0.1) is 0 Å². The molecular weight excluding hydrogens is 264 g/mol. The normalized spacial score (nSPS) is 17.4. The zero-order chi connectivity index (χ0) is 13.7. The van der Waals surface area contributed by atoms with Crippen LogP contribution in [0.15, 0.2) is 23.4 Å². The van der Waals surface area contributed by atoms with E-state index in [9.17, 15) is 0 Å². The van der Waals surface area contributed by atoms with Gasteiger partial charge in [0, 0.05) is 5.02 Å². The minimum absolute atomic E-state index is 0.0149. The van der Waals surface area contributed by atoms with E-state index in [4.69, 9.17) is 27.3 Å².